The molecule has 0 fully saturated rings. The van der Waals surface area contributed by atoms with Gasteiger partial charge in [0.25, 0.3) is 0 Å². The lowest BCUT2D eigenvalue weighted by Crippen LogP contribution is -2.30. The van der Waals surface area contributed by atoms with E-state index in [0.717, 1.165) is 46.1 Å². The molecular weight excluding hydrogens is 483 g/mol. The molecule has 5 nitrogen and oxygen atoms in total. The fourth-order valence-corrected chi connectivity index (χ4v) is 3.98. The molecule has 0 radical (unpaired) electrons. The number of hydrogen-bond acceptors (Lipinski definition) is 4. The van der Waals surface area contributed by atoms with E-state index in [-0.39, 0.29) is 6.04 Å². The van der Waals surface area contributed by atoms with Crippen molar-refractivity contribution in [3.63, 3.8) is 0 Å². The summed E-state index contributed by atoms with van der Waals surface area (Å²) < 4.78 is 10.4. The Morgan fingerprint density at radius 3 is 2.31 bits per heavy atom. The number of amides is 1. The molecule has 2 N–H and O–H groups in total. The Morgan fingerprint density at radius 2 is 1.69 bits per heavy atom. The molecule has 1 aliphatic rings. The number of nitrogens with zero attached hydrogens (tertiary/aromatic N) is 1. The molecule has 3 aromatic rings. The van der Waals surface area contributed by atoms with Gasteiger partial charge in [0.05, 0.1) is 13.2 Å². The van der Waals surface area contributed by atoms with Crippen LogP contribution in [-0.4, -0.2) is 31.6 Å². The summed E-state index contributed by atoms with van der Waals surface area (Å²) >= 11 is 11.7. The maximum absolute atomic E-state index is 11.5. The van der Waals surface area contributed by atoms with E-state index in [0.29, 0.717) is 23.9 Å². The number of halogens is 2. The zero-order chi connectivity index (χ0) is 25.2. The fraction of sp³-hybridized carbons (Fsp3) is 0.179. The van der Waals surface area contributed by atoms with Crippen LogP contribution < -0.4 is 15.2 Å². The van der Waals surface area contributed by atoms with Gasteiger partial charge in [-0.2, -0.15) is 0 Å². The highest BCUT2D eigenvalue weighted by molar-refractivity contribution is 6.31. The van der Waals surface area contributed by atoms with Crippen molar-refractivity contribution in [3.05, 3.63) is 107 Å². The second kappa shape index (κ2) is 12.9. The molecule has 1 unspecified atom stereocenters. The topological polar surface area (TPSA) is 64.8 Å². The van der Waals surface area contributed by atoms with Crippen molar-refractivity contribution in [2.75, 3.05) is 26.0 Å². The van der Waals surface area contributed by atoms with E-state index >= 15 is 0 Å². The highest BCUT2D eigenvalue weighted by Crippen LogP contribution is 2.36. The molecule has 35 heavy (non-hydrogen) atoms. The Bertz CT molecular complexity index is 1160. The van der Waals surface area contributed by atoms with Crippen molar-refractivity contribution in [1.29, 1.82) is 0 Å². The van der Waals surface area contributed by atoms with E-state index in [9.17, 15) is 4.79 Å². The van der Waals surface area contributed by atoms with E-state index in [2.05, 4.69) is 12.7 Å². The van der Waals surface area contributed by atoms with Crippen LogP contribution in [0.25, 0.3) is 5.57 Å². The lowest BCUT2D eigenvalue weighted by atomic mass is 9.92. The minimum Gasteiger partial charge on any atom is -0.497 e. The Labute approximate surface area is 216 Å². The second-order valence-electron chi connectivity index (χ2n) is 7.79. The monoisotopic (exact) mass is 510 g/mol. The molecule has 1 amide bonds. The summed E-state index contributed by atoms with van der Waals surface area (Å²) in [6.07, 6.45) is 5.41. The first kappa shape index (κ1) is 26.2. The largest absolute Gasteiger partial charge is 0.497 e. The molecule has 1 heterocycles. The molecule has 7 heteroatoms. The van der Waals surface area contributed by atoms with E-state index < -0.39 is 0 Å². The first-order chi connectivity index (χ1) is 16.9. The molecule has 0 aromatic heterocycles. The van der Waals surface area contributed by atoms with Crippen molar-refractivity contribution in [1.82, 2.24) is 4.90 Å². The van der Waals surface area contributed by atoms with Crippen LogP contribution in [-0.2, 0) is 4.79 Å². The van der Waals surface area contributed by atoms with E-state index in [1.807, 2.05) is 48.5 Å². The minimum absolute atomic E-state index is 0.150. The third-order valence-corrected chi connectivity index (χ3v) is 5.98. The first-order valence-corrected chi connectivity index (χ1v) is 11.8. The molecule has 0 spiro atoms. The molecule has 0 aliphatic carbocycles. The third-order valence-electron chi connectivity index (χ3n) is 5.49. The molecule has 1 atom stereocenters. The van der Waals surface area contributed by atoms with Gasteiger partial charge in [0.1, 0.15) is 18.1 Å². The van der Waals surface area contributed by atoms with Gasteiger partial charge in [-0.05, 0) is 72.2 Å². The lowest BCUT2D eigenvalue weighted by molar-refractivity contribution is -0.119. The van der Waals surface area contributed by atoms with Crippen LogP contribution in [0.1, 0.15) is 23.6 Å². The average Bonchev–Trinajstić information content (AvgIpc) is 2.89. The quantitative estimate of drug-likeness (QED) is 0.215. The summed E-state index contributed by atoms with van der Waals surface area (Å²) in [6.45, 7) is 4.73. The number of benzene rings is 3. The van der Waals surface area contributed by atoms with Crippen molar-refractivity contribution in [2.45, 2.75) is 12.5 Å². The number of methoxy groups -OCH3 is 1. The first-order valence-electron chi connectivity index (χ1n) is 11.1. The minimum atomic E-state index is -0.150. The molecule has 1 aliphatic heterocycles. The number of nitrogens with two attached hydrogens (primary N) is 1. The number of anilines is 1. The molecule has 0 saturated heterocycles. The number of nitrogen functional groups attached to an aromatic ring is 1. The zero-order valence-corrected chi connectivity index (χ0v) is 21.0. The van der Waals surface area contributed by atoms with Crippen molar-refractivity contribution in [2.24, 2.45) is 0 Å². The second-order valence-corrected chi connectivity index (χ2v) is 8.66. The van der Waals surface area contributed by atoms with Crippen LogP contribution in [0.3, 0.4) is 0 Å². The van der Waals surface area contributed by atoms with E-state index in [1.165, 1.54) is 0 Å². The molecule has 0 saturated carbocycles. The number of ether oxygens (including phenoxy) is 2. The highest BCUT2D eigenvalue weighted by atomic mass is 35.5. The number of hydrogen-bond donors (Lipinski definition) is 1. The smallest absolute Gasteiger partial charge is 0.210 e. The fourth-order valence-electron chi connectivity index (χ4n) is 3.68. The maximum atomic E-state index is 11.5. The molecule has 182 valence electrons. The van der Waals surface area contributed by atoms with Gasteiger partial charge in [-0.25, -0.2) is 0 Å². The summed E-state index contributed by atoms with van der Waals surface area (Å²) in [5.74, 6) is 1.60. The van der Waals surface area contributed by atoms with Gasteiger partial charge in [-0.15, -0.1) is 0 Å². The summed E-state index contributed by atoms with van der Waals surface area (Å²) in [6, 6.07) is 20.3. The highest BCUT2D eigenvalue weighted by Gasteiger charge is 2.24. The van der Waals surface area contributed by atoms with Gasteiger partial charge in [0.15, 0.2) is 0 Å². The van der Waals surface area contributed by atoms with Crippen molar-refractivity contribution < 1.29 is 14.3 Å². The van der Waals surface area contributed by atoms with Crippen molar-refractivity contribution in [3.8, 4) is 11.5 Å². The Hall–Kier alpha value is -3.41. The Balaban J connectivity index is 0.000000320. The van der Waals surface area contributed by atoms with Crippen molar-refractivity contribution >= 4 is 40.9 Å². The molecule has 4 rings (SSSR count). The lowest BCUT2D eigenvalue weighted by Gasteiger charge is -2.32. The number of carbonyl (C=O) groups is 1. The van der Waals surface area contributed by atoms with Gasteiger partial charge in [0, 0.05) is 27.8 Å². The SMILES string of the molecule is C=CCOc1ccc(C2C=C(c3cc(Cl)ccc3N)CCN2C=O)cc1.COc1ccc(Cl)cc1. The predicted octanol–water partition coefficient (Wildman–Crippen LogP) is 6.82. The van der Waals surface area contributed by atoms with E-state index in [1.54, 1.807) is 36.3 Å². The average molecular weight is 511 g/mol. The normalized spacial score (nSPS) is 14.8. The summed E-state index contributed by atoms with van der Waals surface area (Å²) in [7, 11) is 1.63. The van der Waals surface area contributed by atoms with Gasteiger partial charge in [-0.3, -0.25) is 4.79 Å². The van der Waals surface area contributed by atoms with Crippen LogP contribution in [0.2, 0.25) is 10.0 Å². The van der Waals surface area contributed by atoms with Crippen LogP contribution in [0.15, 0.2) is 85.5 Å². The van der Waals surface area contributed by atoms with Crippen LogP contribution in [0.4, 0.5) is 5.69 Å². The number of carbonyl (C=O) groups excluding carboxylic acids is 1. The van der Waals surface area contributed by atoms with Crippen LogP contribution in [0.5, 0.6) is 11.5 Å². The standard InChI is InChI=1S/C21H21ClN2O2.C7H7ClO/c1-2-11-26-18-6-3-15(4-7-18)21-12-16(9-10-24(21)14-25)19-13-17(22)5-8-20(19)23;1-9-7-4-2-6(8)3-5-7/h2-8,12-14,21H,1,9-11,23H2;2-5H,1H3. The van der Waals surface area contributed by atoms with Gasteiger partial charge >= 0.3 is 0 Å². The Kier molecular flexibility index (Phi) is 9.65. The molecular formula is C28H28Cl2N2O3. The van der Waals surface area contributed by atoms with Gasteiger partial charge in [0.2, 0.25) is 6.41 Å². The third kappa shape index (κ3) is 7.28. The van der Waals surface area contributed by atoms with Crippen LogP contribution >= 0.6 is 23.2 Å². The van der Waals surface area contributed by atoms with E-state index in [4.69, 9.17) is 38.4 Å². The Morgan fingerprint density at radius 1 is 1.03 bits per heavy atom. The maximum Gasteiger partial charge on any atom is 0.210 e. The zero-order valence-electron chi connectivity index (χ0n) is 19.5. The molecule has 3 aromatic carbocycles. The number of rotatable bonds is 7. The van der Waals surface area contributed by atoms with Gasteiger partial charge in [-0.1, -0.05) is 54.1 Å². The van der Waals surface area contributed by atoms with Gasteiger partial charge < -0.3 is 20.1 Å². The van der Waals surface area contributed by atoms with Crippen LogP contribution in [0, 0.1) is 0 Å². The summed E-state index contributed by atoms with van der Waals surface area (Å²) in [5, 5.41) is 1.38. The predicted molar refractivity (Wildman–Crippen MR) is 144 cm³/mol. The summed E-state index contributed by atoms with van der Waals surface area (Å²) in [4.78, 5) is 13.3. The summed E-state index contributed by atoms with van der Waals surface area (Å²) in [5.41, 5.74) is 9.86. The molecule has 0 bridgehead atoms.